The number of hydrogen-bond donors (Lipinski definition) is 3. The number of hydrogen-bond acceptors (Lipinski definition) is 14. The molecule has 4 aromatic rings. The van der Waals surface area contributed by atoms with Crippen LogP contribution in [-0.2, 0) is 14.4 Å². The average molecular weight is 944 g/mol. The van der Waals surface area contributed by atoms with Gasteiger partial charge in [0.25, 0.3) is 17.7 Å². The highest BCUT2D eigenvalue weighted by Crippen LogP contribution is 2.41. The highest BCUT2D eigenvalue weighted by Gasteiger charge is 2.46. The molecule has 9 rings (SSSR count). The van der Waals surface area contributed by atoms with E-state index in [4.69, 9.17) is 19.4 Å². The number of nitrogens with zero attached hydrogens (tertiary/aromatic N) is 8. The van der Waals surface area contributed by atoms with Gasteiger partial charge in [-0.3, -0.25) is 43.6 Å². The van der Waals surface area contributed by atoms with Crippen LogP contribution in [0.15, 0.2) is 42.6 Å². The minimum absolute atomic E-state index is 0.0416. The molecule has 0 bridgehead atoms. The van der Waals surface area contributed by atoms with E-state index in [1.807, 2.05) is 24.1 Å². The quantitative estimate of drug-likeness (QED) is 0.0802. The van der Waals surface area contributed by atoms with Crippen LogP contribution >= 0.6 is 0 Å². The molecule has 3 fully saturated rings. The van der Waals surface area contributed by atoms with Crippen molar-refractivity contribution >= 4 is 52.9 Å². The van der Waals surface area contributed by atoms with Gasteiger partial charge >= 0.3 is 0 Å². The topological polar surface area (TPSA) is 223 Å². The van der Waals surface area contributed by atoms with Crippen molar-refractivity contribution in [3.63, 3.8) is 0 Å². The minimum Gasteiger partial charge on any atom is -0.495 e. The second-order valence-corrected chi connectivity index (χ2v) is 18.7. The number of benzene rings is 2. The van der Waals surface area contributed by atoms with Crippen molar-refractivity contribution in [1.29, 1.82) is 0 Å². The highest BCUT2D eigenvalue weighted by atomic mass is 16.5. The number of ether oxygens (including phenoxy) is 2. The average Bonchev–Trinajstić information content (AvgIpc) is 3.87. The molecular weight excluding hydrogens is 883 g/mol. The Morgan fingerprint density at radius 1 is 0.899 bits per heavy atom. The summed E-state index contributed by atoms with van der Waals surface area (Å²) in [5.74, 6) is 1.94. The number of likely N-dealkylation sites (tertiary alicyclic amines) is 1. The Morgan fingerprint density at radius 2 is 1.70 bits per heavy atom. The Hall–Kier alpha value is -6.92. The van der Waals surface area contributed by atoms with E-state index in [2.05, 4.69) is 42.5 Å². The monoisotopic (exact) mass is 943 g/mol. The van der Waals surface area contributed by atoms with Crippen molar-refractivity contribution in [2.75, 3.05) is 43.6 Å². The predicted octanol–water partition coefficient (Wildman–Crippen LogP) is 6.12. The smallest absolute Gasteiger partial charge is 0.266 e. The molecule has 1 aliphatic carbocycles. The summed E-state index contributed by atoms with van der Waals surface area (Å²) in [4.78, 5) is 92.1. The summed E-state index contributed by atoms with van der Waals surface area (Å²) < 4.78 is 13.8. The van der Waals surface area contributed by atoms with Gasteiger partial charge in [0.15, 0.2) is 11.6 Å². The first kappa shape index (κ1) is 47.2. The Morgan fingerprint density at radius 3 is 2.46 bits per heavy atom. The van der Waals surface area contributed by atoms with Crippen LogP contribution in [-0.4, -0.2) is 115 Å². The summed E-state index contributed by atoms with van der Waals surface area (Å²) in [5.41, 5.74) is 2.26. The fourth-order valence-electron chi connectivity index (χ4n) is 10.5. The van der Waals surface area contributed by atoms with Crippen LogP contribution in [0.2, 0.25) is 0 Å². The molecule has 2 saturated heterocycles. The molecule has 2 aromatic carbocycles. The van der Waals surface area contributed by atoms with Crippen molar-refractivity contribution in [3.05, 3.63) is 70.9 Å². The van der Waals surface area contributed by atoms with Crippen molar-refractivity contribution in [2.24, 2.45) is 5.92 Å². The number of amides is 6. The van der Waals surface area contributed by atoms with Crippen LogP contribution in [0.1, 0.15) is 152 Å². The third-order valence-corrected chi connectivity index (χ3v) is 14.2. The Kier molecular flexibility index (Phi) is 14.2. The van der Waals surface area contributed by atoms with Crippen molar-refractivity contribution in [3.8, 4) is 17.2 Å². The van der Waals surface area contributed by atoms with Crippen molar-refractivity contribution < 1.29 is 38.2 Å². The van der Waals surface area contributed by atoms with E-state index in [0.29, 0.717) is 74.2 Å². The van der Waals surface area contributed by atoms with Crippen LogP contribution in [0.4, 0.5) is 17.5 Å². The zero-order chi connectivity index (χ0) is 48.2. The zero-order valence-electron chi connectivity index (χ0n) is 39.6. The number of piperidine rings is 2. The molecule has 6 heterocycles. The fourth-order valence-corrected chi connectivity index (χ4v) is 10.5. The summed E-state index contributed by atoms with van der Waals surface area (Å²) in [5, 5.41) is 17.7. The highest BCUT2D eigenvalue weighted by molar-refractivity contribution is 6.24. The fraction of sp³-hybridized carbons (Fsp3) is 0.520. The van der Waals surface area contributed by atoms with Gasteiger partial charge in [0.05, 0.1) is 42.8 Å². The molecule has 0 spiro atoms. The molecule has 1 saturated carbocycles. The van der Waals surface area contributed by atoms with E-state index in [0.717, 1.165) is 60.3 Å². The van der Waals surface area contributed by atoms with Gasteiger partial charge in [-0.15, -0.1) is 10.2 Å². The summed E-state index contributed by atoms with van der Waals surface area (Å²) >= 11 is 0. The number of carbonyl (C=O) groups is 6. The predicted molar refractivity (Wildman–Crippen MR) is 254 cm³/mol. The standard InChI is InChI=1S/C50H61N11O8/c1-4-36-45-57-56-30(2)60(45)38-28-51-50(55-44(38)59(36)29-31-13-8-7-9-14-31)53-35-19-18-32(27-40(35)68-3)46(64)52-33-22-24-58(25-23-33)42(63)17-10-5-6-11-26-69-39-16-12-15-34-43(39)49(67)61(48(34)66)37-20-21-41(62)54-47(37)65/h12,15-16,18-19,27-28,31,33,36-37H,4-11,13-14,17,20-26,29H2,1-3H3,(H,52,64)(H,51,53,55)(H,54,62,65). The number of fused-ring (bicyclic) bond motifs is 4. The van der Waals surface area contributed by atoms with Gasteiger partial charge in [-0.05, 0) is 94.5 Å². The van der Waals surface area contributed by atoms with Crippen LogP contribution in [0.25, 0.3) is 5.69 Å². The lowest BCUT2D eigenvalue weighted by Crippen LogP contribution is -2.54. The number of methoxy groups -OCH3 is 1. The summed E-state index contributed by atoms with van der Waals surface area (Å²) in [7, 11) is 1.57. The number of aryl methyl sites for hydroxylation is 1. The van der Waals surface area contributed by atoms with Crippen molar-refractivity contribution in [1.82, 2.24) is 45.2 Å². The maximum Gasteiger partial charge on any atom is 0.266 e. The molecule has 3 N–H and O–H groups in total. The number of unbranched alkanes of at least 4 members (excludes halogenated alkanes) is 3. The number of aromatic nitrogens is 5. The van der Waals surface area contributed by atoms with Crippen LogP contribution < -0.4 is 30.3 Å². The SMILES string of the molecule is CCC1c2nnc(C)n2-c2cnc(Nc3ccc(C(=O)NC4CCN(C(=O)CCCCCCOc5cccc6c5C(=O)N(C5CCC(=O)NC5=O)C6=O)CC4)cc3OC)nc2N1CC1CCCCC1. The molecule has 19 heteroatoms. The lowest BCUT2D eigenvalue weighted by Gasteiger charge is -2.39. The second-order valence-electron chi connectivity index (χ2n) is 18.7. The molecule has 4 aliphatic heterocycles. The van der Waals surface area contributed by atoms with Gasteiger partial charge in [-0.2, -0.15) is 4.98 Å². The van der Waals surface area contributed by atoms with Gasteiger partial charge in [0, 0.05) is 44.1 Å². The van der Waals surface area contributed by atoms with E-state index in [1.165, 1.54) is 38.2 Å². The molecule has 5 aliphatic rings. The van der Waals surface area contributed by atoms with Crippen LogP contribution in [0.3, 0.4) is 0 Å². The number of carbonyl (C=O) groups excluding carboxylic acids is 6. The van der Waals surface area contributed by atoms with E-state index in [9.17, 15) is 28.8 Å². The summed E-state index contributed by atoms with van der Waals surface area (Å²) in [6.07, 6.45) is 13.8. The minimum atomic E-state index is -1.04. The van der Waals surface area contributed by atoms with E-state index < -0.39 is 29.7 Å². The van der Waals surface area contributed by atoms with E-state index >= 15 is 0 Å². The zero-order valence-corrected chi connectivity index (χ0v) is 39.6. The third kappa shape index (κ3) is 9.86. The Balaban J connectivity index is 0.718. The molecule has 0 radical (unpaired) electrons. The lowest BCUT2D eigenvalue weighted by atomic mass is 9.88. The number of nitrogens with one attached hydrogen (secondary N) is 3. The molecule has 364 valence electrons. The molecule has 2 unspecified atom stereocenters. The summed E-state index contributed by atoms with van der Waals surface area (Å²) in [6, 6.07) is 9.01. The van der Waals surface area contributed by atoms with E-state index in [-0.39, 0.29) is 53.6 Å². The van der Waals surface area contributed by atoms with Crippen LogP contribution in [0, 0.1) is 12.8 Å². The van der Waals surface area contributed by atoms with E-state index in [1.54, 1.807) is 31.4 Å². The second kappa shape index (κ2) is 20.7. The van der Waals surface area contributed by atoms with Gasteiger partial charge in [0.1, 0.15) is 29.1 Å². The molecule has 2 atom stereocenters. The molecule has 19 nitrogen and oxygen atoms in total. The Labute approximate surface area is 401 Å². The van der Waals surface area contributed by atoms with Crippen LogP contribution in [0.5, 0.6) is 11.5 Å². The normalized spacial score (nSPS) is 19.5. The first-order chi connectivity index (χ1) is 33.5. The molecule has 69 heavy (non-hydrogen) atoms. The maximum absolute atomic E-state index is 13.5. The maximum atomic E-state index is 13.5. The number of imide groups is 2. The largest absolute Gasteiger partial charge is 0.495 e. The lowest BCUT2D eigenvalue weighted by molar-refractivity contribution is -0.136. The van der Waals surface area contributed by atoms with Crippen molar-refractivity contribution in [2.45, 2.75) is 128 Å². The van der Waals surface area contributed by atoms with Gasteiger partial charge in [0.2, 0.25) is 23.7 Å². The van der Waals surface area contributed by atoms with Gasteiger partial charge < -0.3 is 29.9 Å². The molecular formula is C50H61N11O8. The van der Waals surface area contributed by atoms with Gasteiger partial charge in [-0.25, -0.2) is 4.98 Å². The summed E-state index contributed by atoms with van der Waals surface area (Å²) in [6.45, 7) is 6.46. The third-order valence-electron chi connectivity index (χ3n) is 14.2. The number of rotatable bonds is 17. The van der Waals surface area contributed by atoms with Gasteiger partial charge in [-0.1, -0.05) is 45.1 Å². The first-order valence-corrected chi connectivity index (χ1v) is 24.6. The number of anilines is 3. The Bertz CT molecular complexity index is 2620. The first-order valence-electron chi connectivity index (χ1n) is 24.6. The molecule has 2 aromatic heterocycles. The molecule has 6 amide bonds.